The standard InChI is InChI=1S/C65H39N3S/c1-2-13-46(14-3-1)67-58-20-10-8-18-53(58)54-32-31-45(38-61(54)67)40-22-24-42(25-23-40)48-34-35-49(51-17-7-6-16-50(48)51)43-26-28-44(29-27-43)60-39-57-55-19-9-11-21-62(55)69-64(57)65-66-63-56-33-30-41-12-4-5-15-47(41)52(56)36-37-59(63)68(60)65/h1-39H. The molecule has 0 fully saturated rings. The second-order valence-electron chi connectivity index (χ2n) is 18.2. The van der Waals surface area contributed by atoms with Crippen LogP contribution in [-0.2, 0) is 0 Å². The minimum Gasteiger partial charge on any atom is -0.309 e. The second-order valence-corrected chi connectivity index (χ2v) is 19.3. The maximum absolute atomic E-state index is 5.52. The van der Waals surface area contributed by atoms with Gasteiger partial charge in [-0.3, -0.25) is 4.40 Å². The smallest absolute Gasteiger partial charge is 0.156 e. The van der Waals surface area contributed by atoms with Crippen LogP contribution in [0.5, 0.6) is 0 Å². The number of pyridine rings is 1. The molecular weight excluding hydrogens is 855 g/mol. The van der Waals surface area contributed by atoms with Gasteiger partial charge in [-0.1, -0.05) is 194 Å². The van der Waals surface area contributed by atoms with Gasteiger partial charge in [-0.15, -0.1) is 11.3 Å². The van der Waals surface area contributed by atoms with Crippen LogP contribution in [0.4, 0.5) is 0 Å². The second kappa shape index (κ2) is 14.8. The van der Waals surface area contributed by atoms with E-state index in [1.54, 1.807) is 0 Å². The zero-order valence-electron chi connectivity index (χ0n) is 37.3. The molecule has 4 aromatic heterocycles. The van der Waals surface area contributed by atoms with E-state index in [2.05, 4.69) is 246 Å². The van der Waals surface area contributed by atoms with Crippen molar-refractivity contribution in [3.63, 3.8) is 0 Å². The third-order valence-corrected chi connectivity index (χ3v) is 15.7. The van der Waals surface area contributed by atoms with Crippen molar-refractivity contribution in [2.75, 3.05) is 0 Å². The summed E-state index contributed by atoms with van der Waals surface area (Å²) in [4.78, 5) is 5.52. The molecule has 0 aliphatic rings. The molecule has 69 heavy (non-hydrogen) atoms. The number of aromatic nitrogens is 3. The first-order valence-corrected chi connectivity index (χ1v) is 24.4. The van der Waals surface area contributed by atoms with E-state index in [-0.39, 0.29) is 0 Å². The summed E-state index contributed by atoms with van der Waals surface area (Å²) in [5.41, 5.74) is 16.3. The Bertz CT molecular complexity index is 4570. The highest BCUT2D eigenvalue weighted by Gasteiger charge is 2.20. The molecule has 0 amide bonds. The van der Waals surface area contributed by atoms with Crippen molar-refractivity contribution < 1.29 is 0 Å². The van der Waals surface area contributed by atoms with Gasteiger partial charge < -0.3 is 4.57 Å². The number of benzene rings is 11. The molecule has 15 aromatic rings. The van der Waals surface area contributed by atoms with Crippen LogP contribution in [0.2, 0.25) is 0 Å². The largest absolute Gasteiger partial charge is 0.309 e. The highest BCUT2D eigenvalue weighted by atomic mass is 32.1. The fourth-order valence-electron chi connectivity index (χ4n) is 11.3. The lowest BCUT2D eigenvalue weighted by molar-refractivity contribution is 1.18. The number of rotatable bonds is 5. The molecule has 0 radical (unpaired) electrons. The normalized spacial score (nSPS) is 12.1. The van der Waals surface area contributed by atoms with E-state index in [0.29, 0.717) is 0 Å². The lowest BCUT2D eigenvalue weighted by Gasteiger charge is -2.14. The van der Waals surface area contributed by atoms with Crippen molar-refractivity contribution in [2.45, 2.75) is 0 Å². The van der Waals surface area contributed by atoms with Crippen molar-refractivity contribution in [3.05, 3.63) is 237 Å². The summed E-state index contributed by atoms with van der Waals surface area (Å²) in [6.45, 7) is 0. The molecule has 0 bridgehead atoms. The van der Waals surface area contributed by atoms with Gasteiger partial charge in [0.25, 0.3) is 0 Å². The first-order valence-electron chi connectivity index (χ1n) is 23.6. The van der Waals surface area contributed by atoms with Crippen LogP contribution in [0.1, 0.15) is 0 Å². The number of para-hydroxylation sites is 2. The lowest BCUT2D eigenvalue weighted by Crippen LogP contribution is -1.93. The van der Waals surface area contributed by atoms with Gasteiger partial charge in [0.15, 0.2) is 5.65 Å². The fourth-order valence-corrected chi connectivity index (χ4v) is 12.4. The van der Waals surface area contributed by atoms with Gasteiger partial charge >= 0.3 is 0 Å². The molecule has 0 unspecified atom stereocenters. The van der Waals surface area contributed by atoms with Gasteiger partial charge in [-0.2, -0.15) is 0 Å². The van der Waals surface area contributed by atoms with E-state index in [1.807, 2.05) is 11.3 Å². The number of imidazole rings is 1. The molecule has 11 aromatic carbocycles. The van der Waals surface area contributed by atoms with E-state index >= 15 is 0 Å². The van der Waals surface area contributed by atoms with Crippen molar-refractivity contribution in [1.82, 2.24) is 14.0 Å². The molecule has 0 aliphatic carbocycles. The van der Waals surface area contributed by atoms with E-state index in [0.717, 1.165) is 27.9 Å². The van der Waals surface area contributed by atoms with Crippen molar-refractivity contribution in [1.29, 1.82) is 0 Å². The van der Waals surface area contributed by atoms with E-state index < -0.39 is 0 Å². The predicted octanol–water partition coefficient (Wildman–Crippen LogP) is 18.1. The van der Waals surface area contributed by atoms with Gasteiger partial charge in [0.05, 0.1) is 32.5 Å². The molecule has 4 heterocycles. The quantitative estimate of drug-likeness (QED) is 0.158. The molecule has 15 rings (SSSR count). The minimum atomic E-state index is 1.01. The van der Waals surface area contributed by atoms with Crippen LogP contribution in [-0.4, -0.2) is 14.0 Å². The predicted molar refractivity (Wildman–Crippen MR) is 294 cm³/mol. The number of fused-ring (bicyclic) bond motifs is 15. The fraction of sp³-hybridized carbons (Fsp3) is 0. The van der Waals surface area contributed by atoms with Crippen LogP contribution in [0.25, 0.3) is 141 Å². The number of thiophene rings is 1. The molecule has 0 saturated heterocycles. The molecule has 0 N–H and O–H groups in total. The summed E-state index contributed by atoms with van der Waals surface area (Å²) in [5.74, 6) is 0. The van der Waals surface area contributed by atoms with Crippen molar-refractivity contribution in [3.8, 4) is 50.3 Å². The minimum absolute atomic E-state index is 1.01. The van der Waals surface area contributed by atoms with Gasteiger partial charge in [-0.25, -0.2) is 4.98 Å². The average molecular weight is 894 g/mol. The van der Waals surface area contributed by atoms with E-state index in [9.17, 15) is 0 Å². The summed E-state index contributed by atoms with van der Waals surface area (Å²) in [7, 11) is 0. The molecule has 4 heteroatoms. The highest BCUT2D eigenvalue weighted by molar-refractivity contribution is 7.26. The van der Waals surface area contributed by atoms with Crippen LogP contribution in [0, 0.1) is 0 Å². The number of hydrogen-bond donors (Lipinski definition) is 0. The summed E-state index contributed by atoms with van der Waals surface area (Å²) >= 11 is 1.83. The Morgan fingerprint density at radius 1 is 0.333 bits per heavy atom. The van der Waals surface area contributed by atoms with Gasteiger partial charge in [-0.05, 0) is 108 Å². The zero-order chi connectivity index (χ0) is 45.2. The molecule has 0 aliphatic heterocycles. The first kappa shape index (κ1) is 38.3. The van der Waals surface area contributed by atoms with Crippen molar-refractivity contribution >= 4 is 102 Å². The Morgan fingerprint density at radius 3 is 1.68 bits per heavy atom. The molecular formula is C65H39N3S. The summed E-state index contributed by atoms with van der Waals surface area (Å²) < 4.78 is 7.28. The van der Waals surface area contributed by atoms with E-state index in [1.165, 1.54) is 113 Å². The maximum Gasteiger partial charge on any atom is 0.156 e. The van der Waals surface area contributed by atoms with Crippen LogP contribution >= 0.6 is 11.3 Å². The first-order chi connectivity index (χ1) is 34.2. The summed E-state index contributed by atoms with van der Waals surface area (Å²) in [6, 6.07) is 86.9. The third kappa shape index (κ3) is 5.76. The monoisotopic (exact) mass is 893 g/mol. The lowest BCUT2D eigenvalue weighted by atomic mass is 9.91. The van der Waals surface area contributed by atoms with Gasteiger partial charge in [0.2, 0.25) is 0 Å². The molecule has 0 spiro atoms. The number of nitrogens with zero attached hydrogens (tertiary/aromatic N) is 3. The van der Waals surface area contributed by atoms with Crippen molar-refractivity contribution in [2.24, 2.45) is 0 Å². The third-order valence-electron chi connectivity index (χ3n) is 14.5. The zero-order valence-corrected chi connectivity index (χ0v) is 38.1. The maximum atomic E-state index is 5.52. The van der Waals surface area contributed by atoms with Crippen LogP contribution < -0.4 is 0 Å². The molecule has 320 valence electrons. The Kier molecular flexibility index (Phi) is 8.23. The SMILES string of the molecule is c1ccc(-n2c3ccccc3c3ccc(-c4ccc(-c5ccc(-c6ccc(-c7cc8c9ccccc9sc8c8nc9c%10ccc%11ccccc%11c%10ccc9n78)cc6)c6ccccc56)cc4)cc32)cc1. The topological polar surface area (TPSA) is 22.2 Å². The Balaban J connectivity index is 0.817. The van der Waals surface area contributed by atoms with E-state index in [4.69, 9.17) is 4.98 Å². The van der Waals surface area contributed by atoms with Crippen LogP contribution in [0.3, 0.4) is 0 Å². The highest BCUT2D eigenvalue weighted by Crippen LogP contribution is 2.44. The van der Waals surface area contributed by atoms with Gasteiger partial charge in [0, 0.05) is 37.3 Å². The summed E-state index contributed by atoms with van der Waals surface area (Å²) in [6.07, 6.45) is 0. The Hall–Kier alpha value is -8.83. The molecule has 0 saturated carbocycles. The van der Waals surface area contributed by atoms with Gasteiger partial charge in [0.1, 0.15) is 0 Å². The molecule has 0 atom stereocenters. The Morgan fingerprint density at radius 2 is 0.913 bits per heavy atom. The number of hydrogen-bond acceptors (Lipinski definition) is 2. The summed E-state index contributed by atoms with van der Waals surface area (Å²) in [5, 5.41) is 12.4. The van der Waals surface area contributed by atoms with Crippen LogP contribution in [0.15, 0.2) is 237 Å². The average Bonchev–Trinajstić information content (AvgIpc) is 4.11. The Labute approximate surface area is 401 Å². The molecule has 3 nitrogen and oxygen atoms in total.